The van der Waals surface area contributed by atoms with Crippen molar-refractivity contribution in [1.29, 1.82) is 0 Å². The number of anilines is 1. The quantitative estimate of drug-likeness (QED) is 0.435. The van der Waals surface area contributed by atoms with E-state index in [0.717, 1.165) is 24.4 Å². The van der Waals surface area contributed by atoms with Crippen molar-refractivity contribution in [3.63, 3.8) is 0 Å². The van der Waals surface area contributed by atoms with Crippen LogP contribution in [0.1, 0.15) is 11.3 Å². The first-order valence-electron chi connectivity index (χ1n) is 7.83. The molecule has 0 spiro atoms. The average molecular weight is 433 g/mol. The van der Waals surface area contributed by atoms with Gasteiger partial charge < -0.3 is 15.6 Å². The summed E-state index contributed by atoms with van der Waals surface area (Å²) in [5, 5.41) is 3.91. The number of carbonyl (C=O) groups excluding carboxylic acids is 2. The SMILES string of the molecule is O=C(NCc1cnc(C(F)(F)F)c(Cl)c1)C(=O)Nc1c[nH]c2cc(F)c(F)cc12. The van der Waals surface area contributed by atoms with E-state index in [2.05, 4.69) is 20.6 Å². The summed E-state index contributed by atoms with van der Waals surface area (Å²) in [4.78, 5) is 29.7. The second-order valence-corrected chi connectivity index (χ2v) is 6.23. The summed E-state index contributed by atoms with van der Waals surface area (Å²) < 4.78 is 64.4. The molecule has 0 fully saturated rings. The lowest BCUT2D eigenvalue weighted by Crippen LogP contribution is -2.35. The number of halogens is 6. The molecular formula is C17H10ClF5N4O2. The molecule has 1 aromatic carbocycles. The van der Waals surface area contributed by atoms with E-state index >= 15 is 0 Å². The molecule has 2 aromatic heterocycles. The van der Waals surface area contributed by atoms with E-state index in [4.69, 9.17) is 11.6 Å². The van der Waals surface area contributed by atoms with E-state index in [0.29, 0.717) is 0 Å². The Morgan fingerprint density at radius 1 is 1.10 bits per heavy atom. The molecule has 0 unspecified atom stereocenters. The van der Waals surface area contributed by atoms with E-state index in [9.17, 15) is 31.5 Å². The van der Waals surface area contributed by atoms with Crippen molar-refractivity contribution in [2.45, 2.75) is 12.7 Å². The summed E-state index contributed by atoms with van der Waals surface area (Å²) >= 11 is 5.53. The molecule has 0 aliphatic rings. The first kappa shape index (κ1) is 20.5. The number of H-pyrrole nitrogens is 1. The third kappa shape index (κ3) is 4.45. The second-order valence-electron chi connectivity index (χ2n) is 5.82. The van der Waals surface area contributed by atoms with Gasteiger partial charge in [0.15, 0.2) is 17.3 Å². The molecule has 0 aliphatic heterocycles. The Labute approximate surface area is 164 Å². The van der Waals surface area contributed by atoms with Gasteiger partial charge in [0, 0.05) is 30.4 Å². The van der Waals surface area contributed by atoms with Gasteiger partial charge in [-0.2, -0.15) is 13.2 Å². The van der Waals surface area contributed by atoms with Crippen molar-refractivity contribution >= 4 is 40.0 Å². The number of fused-ring (bicyclic) bond motifs is 1. The number of alkyl halides is 3. The summed E-state index contributed by atoms with van der Waals surface area (Å²) in [6, 6.07) is 2.71. The standard InChI is InChI=1S/C17H10ClF5N4O2/c18-9-1-7(4-25-14(9)17(21,22)23)5-26-15(28)16(29)27-13-6-24-12-3-11(20)10(19)2-8(12)13/h1-4,6,24H,5H2,(H,26,28)(H,27,29). The van der Waals surface area contributed by atoms with Crippen LogP contribution in [0.3, 0.4) is 0 Å². The Balaban J connectivity index is 1.65. The van der Waals surface area contributed by atoms with Crippen LogP contribution in [0.5, 0.6) is 0 Å². The molecule has 3 aromatic rings. The molecule has 152 valence electrons. The molecule has 0 bridgehead atoms. The minimum absolute atomic E-state index is 0.0401. The maximum Gasteiger partial charge on any atom is 0.434 e. The summed E-state index contributed by atoms with van der Waals surface area (Å²) in [6.07, 6.45) is -2.61. The predicted molar refractivity (Wildman–Crippen MR) is 92.9 cm³/mol. The molecule has 0 saturated carbocycles. The van der Waals surface area contributed by atoms with Gasteiger partial charge in [0.1, 0.15) is 0 Å². The summed E-state index contributed by atoms with van der Waals surface area (Å²) in [6.45, 7) is -0.315. The maximum absolute atomic E-state index is 13.4. The molecule has 0 radical (unpaired) electrons. The first-order valence-corrected chi connectivity index (χ1v) is 8.21. The topological polar surface area (TPSA) is 86.9 Å². The van der Waals surface area contributed by atoms with Crippen LogP contribution in [0.2, 0.25) is 5.02 Å². The number of nitrogens with one attached hydrogen (secondary N) is 3. The summed E-state index contributed by atoms with van der Waals surface area (Å²) in [5.41, 5.74) is -0.896. The number of hydrogen-bond acceptors (Lipinski definition) is 3. The highest BCUT2D eigenvalue weighted by Crippen LogP contribution is 2.33. The highest BCUT2D eigenvalue weighted by molar-refractivity contribution is 6.40. The van der Waals surface area contributed by atoms with Gasteiger partial charge in [-0.15, -0.1) is 0 Å². The number of rotatable bonds is 3. The highest BCUT2D eigenvalue weighted by Gasteiger charge is 2.35. The van der Waals surface area contributed by atoms with Gasteiger partial charge in [-0.1, -0.05) is 11.6 Å². The van der Waals surface area contributed by atoms with Crippen LogP contribution in [0, 0.1) is 11.6 Å². The lowest BCUT2D eigenvalue weighted by atomic mass is 10.2. The fourth-order valence-electron chi connectivity index (χ4n) is 2.44. The second kappa shape index (κ2) is 7.66. The minimum Gasteiger partial charge on any atom is -0.359 e. The van der Waals surface area contributed by atoms with Gasteiger partial charge in [0.05, 0.1) is 16.2 Å². The van der Waals surface area contributed by atoms with Crippen LogP contribution in [0.15, 0.2) is 30.6 Å². The normalized spacial score (nSPS) is 11.5. The van der Waals surface area contributed by atoms with Crippen LogP contribution in [0.4, 0.5) is 27.6 Å². The lowest BCUT2D eigenvalue weighted by molar-refractivity contribution is -0.141. The molecule has 12 heteroatoms. The van der Waals surface area contributed by atoms with Crippen LogP contribution < -0.4 is 10.6 Å². The molecule has 29 heavy (non-hydrogen) atoms. The van der Waals surface area contributed by atoms with Gasteiger partial charge in [-0.05, 0) is 17.7 Å². The third-order valence-electron chi connectivity index (χ3n) is 3.80. The number of pyridine rings is 1. The number of hydrogen-bond donors (Lipinski definition) is 3. The molecule has 3 N–H and O–H groups in total. The van der Waals surface area contributed by atoms with Crippen molar-refractivity contribution in [1.82, 2.24) is 15.3 Å². The van der Waals surface area contributed by atoms with Gasteiger partial charge >= 0.3 is 18.0 Å². The molecule has 0 aliphatic carbocycles. The van der Waals surface area contributed by atoms with E-state index in [1.807, 2.05) is 0 Å². The van der Waals surface area contributed by atoms with E-state index in [-0.39, 0.29) is 28.7 Å². The fraction of sp³-hybridized carbons (Fsp3) is 0.118. The Bertz CT molecular complexity index is 1110. The zero-order valence-electron chi connectivity index (χ0n) is 14.1. The van der Waals surface area contributed by atoms with Crippen molar-refractivity contribution < 1.29 is 31.5 Å². The number of nitrogens with zero attached hydrogens (tertiary/aromatic N) is 1. The van der Waals surface area contributed by atoms with Gasteiger partial charge in [0.25, 0.3) is 0 Å². The third-order valence-corrected chi connectivity index (χ3v) is 4.08. The van der Waals surface area contributed by atoms with Crippen molar-refractivity contribution in [3.05, 3.63) is 58.5 Å². The molecule has 0 atom stereocenters. The minimum atomic E-state index is -4.72. The smallest absolute Gasteiger partial charge is 0.359 e. The van der Waals surface area contributed by atoms with Crippen LogP contribution in [0.25, 0.3) is 10.9 Å². The molecule has 2 heterocycles. The van der Waals surface area contributed by atoms with Crippen LogP contribution in [-0.4, -0.2) is 21.8 Å². The average Bonchev–Trinajstić information content (AvgIpc) is 3.00. The van der Waals surface area contributed by atoms with Crippen LogP contribution in [-0.2, 0) is 22.3 Å². The predicted octanol–water partition coefficient (Wildman–Crippen LogP) is 3.77. The zero-order valence-corrected chi connectivity index (χ0v) is 14.9. The van der Waals surface area contributed by atoms with Crippen molar-refractivity contribution in [3.8, 4) is 0 Å². The molecule has 0 saturated heterocycles. The Hall–Kier alpha value is -3.21. The molecule has 6 nitrogen and oxygen atoms in total. The Kier molecular flexibility index (Phi) is 5.42. The Morgan fingerprint density at radius 2 is 1.79 bits per heavy atom. The van der Waals surface area contributed by atoms with Crippen molar-refractivity contribution in [2.75, 3.05) is 5.32 Å². The van der Waals surface area contributed by atoms with Crippen molar-refractivity contribution in [2.24, 2.45) is 0 Å². The number of carbonyl (C=O) groups is 2. The van der Waals surface area contributed by atoms with E-state index in [1.54, 1.807) is 0 Å². The maximum atomic E-state index is 13.4. The van der Waals surface area contributed by atoms with E-state index in [1.165, 1.54) is 6.20 Å². The highest BCUT2D eigenvalue weighted by atomic mass is 35.5. The molecule has 2 amide bonds. The van der Waals surface area contributed by atoms with Gasteiger partial charge in [-0.25, -0.2) is 13.8 Å². The first-order chi connectivity index (χ1) is 13.6. The molecule has 3 rings (SSSR count). The Morgan fingerprint density at radius 3 is 2.45 bits per heavy atom. The van der Waals surface area contributed by atoms with E-state index < -0.39 is 40.3 Å². The summed E-state index contributed by atoms with van der Waals surface area (Å²) in [5.74, 6) is -4.46. The number of benzene rings is 1. The largest absolute Gasteiger partial charge is 0.434 e. The zero-order chi connectivity index (χ0) is 21.3. The summed E-state index contributed by atoms with van der Waals surface area (Å²) in [7, 11) is 0. The fourth-order valence-corrected chi connectivity index (χ4v) is 2.74. The van der Waals surface area contributed by atoms with Crippen LogP contribution >= 0.6 is 11.6 Å². The lowest BCUT2D eigenvalue weighted by Gasteiger charge is -2.10. The number of aromatic nitrogens is 2. The van der Waals surface area contributed by atoms with Gasteiger partial charge in [0.2, 0.25) is 0 Å². The number of aromatic amines is 1. The monoisotopic (exact) mass is 432 g/mol. The molecular weight excluding hydrogens is 423 g/mol. The number of amides is 2. The van der Waals surface area contributed by atoms with Gasteiger partial charge in [-0.3, -0.25) is 9.59 Å².